The zero-order valence-corrected chi connectivity index (χ0v) is 12.1. The maximum Gasteiger partial charge on any atom is 0.251 e. The van der Waals surface area contributed by atoms with Gasteiger partial charge in [-0.3, -0.25) is 4.79 Å². The lowest BCUT2D eigenvalue weighted by molar-refractivity contribution is 0.0945. The normalized spacial score (nSPS) is 12.5. The highest BCUT2D eigenvalue weighted by atomic mass is 35.5. The third-order valence-electron chi connectivity index (χ3n) is 3.04. The first-order chi connectivity index (χ1) is 8.52. The molecule has 0 spiro atoms. The smallest absolute Gasteiger partial charge is 0.251 e. The molecule has 1 aromatic carbocycles. The number of hydrogen-bond donors (Lipinski definition) is 1. The molecule has 0 saturated carbocycles. The predicted octanol–water partition coefficient (Wildman–Crippen LogP) is 4.14. The summed E-state index contributed by atoms with van der Waals surface area (Å²) in [6.07, 6.45) is 2.25. The van der Waals surface area contributed by atoms with Crippen molar-refractivity contribution in [1.29, 1.82) is 0 Å². The van der Waals surface area contributed by atoms with Crippen molar-refractivity contribution in [2.24, 2.45) is 11.8 Å². The molecule has 1 aromatic rings. The van der Waals surface area contributed by atoms with Crippen LogP contribution in [0.25, 0.3) is 0 Å². The van der Waals surface area contributed by atoms with E-state index in [0.717, 1.165) is 19.4 Å². The Morgan fingerprint density at radius 2 is 1.89 bits per heavy atom. The number of halogens is 1. The molecule has 0 aromatic heterocycles. The molecule has 100 valence electrons. The number of nitrogens with one attached hydrogen (secondary N) is 1. The Labute approximate surface area is 115 Å². The number of benzene rings is 1. The second-order valence-corrected chi connectivity index (χ2v) is 5.56. The van der Waals surface area contributed by atoms with E-state index in [0.29, 0.717) is 22.4 Å². The zero-order valence-electron chi connectivity index (χ0n) is 11.4. The number of carbonyl (C=O) groups is 1. The zero-order chi connectivity index (χ0) is 13.5. The maximum absolute atomic E-state index is 11.9. The fourth-order valence-corrected chi connectivity index (χ4v) is 2.13. The van der Waals surface area contributed by atoms with E-state index in [1.807, 2.05) is 0 Å². The number of carbonyl (C=O) groups excluding carboxylic acids is 1. The highest BCUT2D eigenvalue weighted by Crippen LogP contribution is 2.14. The van der Waals surface area contributed by atoms with E-state index in [1.165, 1.54) is 0 Å². The highest BCUT2D eigenvalue weighted by Gasteiger charge is 2.11. The molecule has 18 heavy (non-hydrogen) atoms. The minimum Gasteiger partial charge on any atom is -0.352 e. The van der Waals surface area contributed by atoms with Gasteiger partial charge in [-0.25, -0.2) is 0 Å². The summed E-state index contributed by atoms with van der Waals surface area (Å²) in [6.45, 7) is 7.34. The Hall–Kier alpha value is -1.02. The van der Waals surface area contributed by atoms with Gasteiger partial charge in [-0.2, -0.15) is 0 Å². The summed E-state index contributed by atoms with van der Waals surface area (Å²) in [7, 11) is 0. The molecule has 1 amide bonds. The molecule has 1 N–H and O–H groups in total. The molecule has 0 aliphatic carbocycles. The maximum atomic E-state index is 11.9. The minimum atomic E-state index is -0.0196. The summed E-state index contributed by atoms with van der Waals surface area (Å²) >= 11 is 5.79. The van der Waals surface area contributed by atoms with Crippen molar-refractivity contribution >= 4 is 17.5 Å². The van der Waals surface area contributed by atoms with Crippen molar-refractivity contribution in [3.63, 3.8) is 0 Å². The van der Waals surface area contributed by atoms with Crippen LogP contribution in [-0.4, -0.2) is 12.5 Å². The monoisotopic (exact) mass is 267 g/mol. The van der Waals surface area contributed by atoms with Crippen LogP contribution in [0, 0.1) is 11.8 Å². The van der Waals surface area contributed by atoms with Crippen molar-refractivity contribution in [1.82, 2.24) is 5.32 Å². The molecule has 1 rings (SSSR count). The average Bonchev–Trinajstić information content (AvgIpc) is 2.34. The lowest BCUT2D eigenvalue weighted by Gasteiger charge is -2.17. The molecule has 0 aliphatic rings. The van der Waals surface area contributed by atoms with Gasteiger partial charge in [0.2, 0.25) is 0 Å². The minimum absolute atomic E-state index is 0.0196. The van der Waals surface area contributed by atoms with E-state index >= 15 is 0 Å². The van der Waals surface area contributed by atoms with Gasteiger partial charge in [0.25, 0.3) is 5.91 Å². The van der Waals surface area contributed by atoms with E-state index in [1.54, 1.807) is 24.3 Å². The predicted molar refractivity (Wildman–Crippen MR) is 77.0 cm³/mol. The van der Waals surface area contributed by atoms with Gasteiger partial charge >= 0.3 is 0 Å². The van der Waals surface area contributed by atoms with Gasteiger partial charge in [-0.05, 0) is 42.5 Å². The van der Waals surface area contributed by atoms with Crippen LogP contribution in [-0.2, 0) is 0 Å². The summed E-state index contributed by atoms with van der Waals surface area (Å²) in [5.41, 5.74) is 0.666. The van der Waals surface area contributed by atoms with Crippen molar-refractivity contribution in [3.05, 3.63) is 34.9 Å². The van der Waals surface area contributed by atoms with Crippen molar-refractivity contribution in [2.45, 2.75) is 33.6 Å². The highest BCUT2D eigenvalue weighted by molar-refractivity contribution is 6.30. The van der Waals surface area contributed by atoms with Crippen LogP contribution in [0.1, 0.15) is 44.0 Å². The van der Waals surface area contributed by atoms with Gasteiger partial charge in [0.15, 0.2) is 0 Å². The average molecular weight is 268 g/mol. The Balaban J connectivity index is 2.47. The van der Waals surface area contributed by atoms with Crippen molar-refractivity contribution in [3.8, 4) is 0 Å². The molecular formula is C15H22ClNO. The Bertz CT molecular complexity index is 373. The molecule has 0 bridgehead atoms. The first-order valence-corrected chi connectivity index (χ1v) is 6.94. The van der Waals surface area contributed by atoms with Crippen LogP contribution < -0.4 is 5.32 Å². The van der Waals surface area contributed by atoms with Crippen LogP contribution in [0.15, 0.2) is 24.3 Å². The van der Waals surface area contributed by atoms with E-state index < -0.39 is 0 Å². The quantitative estimate of drug-likeness (QED) is 0.825. The van der Waals surface area contributed by atoms with Crippen LogP contribution in [0.3, 0.4) is 0 Å². The van der Waals surface area contributed by atoms with Gasteiger partial charge in [0.05, 0.1) is 0 Å². The van der Waals surface area contributed by atoms with Crippen LogP contribution in [0.4, 0.5) is 0 Å². The van der Waals surface area contributed by atoms with Crippen LogP contribution >= 0.6 is 11.6 Å². The first kappa shape index (κ1) is 15.0. The Morgan fingerprint density at radius 1 is 1.28 bits per heavy atom. The molecule has 2 nitrogen and oxygen atoms in total. The molecule has 1 unspecified atom stereocenters. The van der Waals surface area contributed by atoms with Crippen molar-refractivity contribution in [2.75, 3.05) is 6.54 Å². The number of amides is 1. The second-order valence-electron chi connectivity index (χ2n) is 5.12. The van der Waals surface area contributed by atoms with E-state index in [-0.39, 0.29) is 5.91 Å². The molecule has 0 saturated heterocycles. The third-order valence-corrected chi connectivity index (χ3v) is 3.29. The second kappa shape index (κ2) is 7.42. The summed E-state index contributed by atoms with van der Waals surface area (Å²) in [6, 6.07) is 6.98. The molecular weight excluding hydrogens is 246 g/mol. The van der Waals surface area contributed by atoms with Crippen molar-refractivity contribution < 1.29 is 4.79 Å². The summed E-state index contributed by atoms with van der Waals surface area (Å²) in [4.78, 5) is 11.9. The molecule has 0 fully saturated rings. The first-order valence-electron chi connectivity index (χ1n) is 6.56. The van der Waals surface area contributed by atoms with E-state index in [4.69, 9.17) is 11.6 Å². The Kier molecular flexibility index (Phi) is 6.20. The van der Waals surface area contributed by atoms with Gasteiger partial charge in [0.1, 0.15) is 0 Å². The van der Waals surface area contributed by atoms with Gasteiger partial charge < -0.3 is 5.32 Å². The fourth-order valence-electron chi connectivity index (χ4n) is 2.00. The van der Waals surface area contributed by atoms with Crippen LogP contribution in [0.2, 0.25) is 5.02 Å². The molecule has 0 heterocycles. The SMILES string of the molecule is CCC(CNC(=O)c1ccc(Cl)cc1)CC(C)C. The summed E-state index contributed by atoms with van der Waals surface area (Å²) < 4.78 is 0. The largest absolute Gasteiger partial charge is 0.352 e. The lowest BCUT2D eigenvalue weighted by Crippen LogP contribution is -2.29. The standard InChI is InChI=1S/C15H22ClNO/c1-4-12(9-11(2)3)10-17-15(18)13-5-7-14(16)8-6-13/h5-8,11-12H,4,9-10H2,1-3H3,(H,17,18). The Morgan fingerprint density at radius 3 is 2.39 bits per heavy atom. The molecule has 0 radical (unpaired) electrons. The molecule has 0 aliphatic heterocycles. The number of hydrogen-bond acceptors (Lipinski definition) is 1. The van der Waals surface area contributed by atoms with Gasteiger partial charge in [-0.1, -0.05) is 38.8 Å². The van der Waals surface area contributed by atoms with Gasteiger partial charge in [-0.15, -0.1) is 0 Å². The fraction of sp³-hybridized carbons (Fsp3) is 0.533. The lowest BCUT2D eigenvalue weighted by atomic mass is 9.95. The van der Waals surface area contributed by atoms with E-state index in [2.05, 4.69) is 26.1 Å². The van der Waals surface area contributed by atoms with Gasteiger partial charge in [0, 0.05) is 17.1 Å². The van der Waals surface area contributed by atoms with Crippen LogP contribution in [0.5, 0.6) is 0 Å². The topological polar surface area (TPSA) is 29.1 Å². The summed E-state index contributed by atoms with van der Waals surface area (Å²) in [5, 5.41) is 3.64. The summed E-state index contributed by atoms with van der Waals surface area (Å²) in [5.74, 6) is 1.21. The number of rotatable bonds is 6. The molecule has 1 atom stereocenters. The van der Waals surface area contributed by atoms with E-state index in [9.17, 15) is 4.79 Å². The molecule has 3 heteroatoms. The third kappa shape index (κ3) is 5.09.